The van der Waals surface area contributed by atoms with Crippen molar-refractivity contribution in [2.75, 3.05) is 40.6 Å². The van der Waals surface area contributed by atoms with E-state index in [1.807, 2.05) is 0 Å². The van der Waals surface area contributed by atoms with E-state index in [4.69, 9.17) is 37.9 Å². The molecule has 0 aromatic heterocycles. The van der Waals surface area contributed by atoms with E-state index in [-0.39, 0.29) is 13.2 Å². The van der Waals surface area contributed by atoms with Gasteiger partial charge in [0.05, 0.1) is 13.2 Å². The zero-order chi connectivity index (χ0) is 32.7. The summed E-state index contributed by atoms with van der Waals surface area (Å²) in [5.74, 6) is -5.07. The van der Waals surface area contributed by atoms with Gasteiger partial charge in [0.2, 0.25) is 12.2 Å². The molecule has 242 valence electrons. The Hall–Kier alpha value is -3.74. The van der Waals surface area contributed by atoms with E-state index in [1.54, 1.807) is 0 Å². The predicted octanol–water partition coefficient (Wildman–Crippen LogP) is -0.271. The molecule has 0 bridgehead atoms. The van der Waals surface area contributed by atoms with Gasteiger partial charge in [0, 0.05) is 14.2 Å². The lowest BCUT2D eigenvalue weighted by atomic mass is 10.1. The van der Waals surface area contributed by atoms with Crippen molar-refractivity contribution in [3.63, 3.8) is 0 Å². The second kappa shape index (κ2) is 17.9. The molecule has 6 atom stereocenters. The van der Waals surface area contributed by atoms with Crippen LogP contribution in [0.25, 0.3) is 0 Å². The van der Waals surface area contributed by atoms with Gasteiger partial charge in [-0.15, -0.1) is 0 Å². The van der Waals surface area contributed by atoms with E-state index in [0.717, 1.165) is 27.7 Å². The molecule has 2 unspecified atom stereocenters. The first-order valence-electron chi connectivity index (χ1n) is 12.3. The number of aliphatic hydroxyl groups excluding tert-OH is 2. The Morgan fingerprint density at radius 1 is 0.548 bits per heavy atom. The molecule has 0 amide bonds. The van der Waals surface area contributed by atoms with E-state index in [9.17, 15) is 39.0 Å². The van der Waals surface area contributed by atoms with Crippen molar-refractivity contribution in [1.29, 1.82) is 0 Å². The van der Waals surface area contributed by atoms with Crippen LogP contribution in [0.4, 0.5) is 9.59 Å². The molecule has 0 radical (unpaired) electrons. The molecule has 18 nitrogen and oxygen atoms in total. The Morgan fingerprint density at radius 2 is 0.833 bits per heavy atom. The molecule has 0 aromatic rings. The number of rotatable bonds is 16. The summed E-state index contributed by atoms with van der Waals surface area (Å²) in [5, 5.41) is 18.4. The van der Waals surface area contributed by atoms with E-state index >= 15 is 0 Å². The third-order valence-corrected chi connectivity index (χ3v) is 5.31. The van der Waals surface area contributed by atoms with Gasteiger partial charge in [0.15, 0.2) is 12.2 Å². The van der Waals surface area contributed by atoms with Crippen LogP contribution >= 0.6 is 0 Å². The summed E-state index contributed by atoms with van der Waals surface area (Å²) in [4.78, 5) is 80.2. The maximum absolute atomic E-state index is 12.1. The van der Waals surface area contributed by atoms with Crippen molar-refractivity contribution in [3.8, 4) is 0 Å². The largest absolute Gasteiger partial charge is 0.509 e. The van der Waals surface area contributed by atoms with Gasteiger partial charge in [-0.2, -0.15) is 0 Å². The fourth-order valence-corrected chi connectivity index (χ4v) is 2.07. The number of hydrogen-bond donors (Lipinski definition) is 2. The van der Waals surface area contributed by atoms with Crippen molar-refractivity contribution in [3.05, 3.63) is 0 Å². The highest BCUT2D eigenvalue weighted by Crippen LogP contribution is 2.11. The lowest BCUT2D eigenvalue weighted by Gasteiger charge is -2.25. The third-order valence-electron chi connectivity index (χ3n) is 5.31. The van der Waals surface area contributed by atoms with Gasteiger partial charge in [-0.1, -0.05) is 0 Å². The average Bonchev–Trinajstić information content (AvgIpc) is 2.96. The standard InChI is InChI=1S/C24H38O18/c1-13(39-21(31)35-11-23(5,9-25)33-7)17(27)37-15(3)19(29)41-42-20(30)16(4)38-18(28)14(2)40-22(32)36-12-24(6,10-26)34-8/h13-16,25-26H,9-12H2,1-8H3/t13-,14+,15-,16+,23?,24?. The minimum Gasteiger partial charge on any atom is -0.448 e. The van der Waals surface area contributed by atoms with Gasteiger partial charge in [-0.25, -0.2) is 38.5 Å². The monoisotopic (exact) mass is 614 g/mol. The Morgan fingerprint density at radius 3 is 1.10 bits per heavy atom. The molecule has 0 spiro atoms. The lowest BCUT2D eigenvalue weighted by molar-refractivity contribution is -0.270. The molecule has 42 heavy (non-hydrogen) atoms. The second-order valence-corrected chi connectivity index (χ2v) is 9.18. The molecular weight excluding hydrogens is 576 g/mol. The van der Waals surface area contributed by atoms with E-state index in [1.165, 1.54) is 28.1 Å². The molecular formula is C24H38O18. The number of aliphatic hydroxyl groups is 2. The number of ether oxygens (including phenoxy) is 8. The molecule has 0 fully saturated rings. The molecule has 0 heterocycles. The van der Waals surface area contributed by atoms with Crippen LogP contribution in [0.1, 0.15) is 41.5 Å². The first-order chi connectivity index (χ1) is 19.5. The summed E-state index contributed by atoms with van der Waals surface area (Å²) in [6.45, 7) is 5.56. The summed E-state index contributed by atoms with van der Waals surface area (Å²) < 4.78 is 38.4. The molecule has 18 heteroatoms. The minimum absolute atomic E-state index is 0.388. The zero-order valence-electron chi connectivity index (χ0n) is 24.6. The van der Waals surface area contributed by atoms with Gasteiger partial charge >= 0.3 is 36.2 Å². The molecule has 0 aliphatic rings. The fourth-order valence-electron chi connectivity index (χ4n) is 2.07. The minimum atomic E-state index is -1.64. The maximum Gasteiger partial charge on any atom is 0.509 e. The first-order valence-corrected chi connectivity index (χ1v) is 12.3. The smallest absolute Gasteiger partial charge is 0.448 e. The molecule has 0 saturated heterocycles. The highest BCUT2D eigenvalue weighted by molar-refractivity contribution is 5.84. The number of esters is 2. The Kier molecular flexibility index (Phi) is 16.3. The maximum atomic E-state index is 12.1. The molecule has 0 aliphatic carbocycles. The Bertz CT molecular complexity index is 850. The Labute approximate surface area is 241 Å². The van der Waals surface area contributed by atoms with Crippen molar-refractivity contribution in [1.82, 2.24) is 0 Å². The van der Waals surface area contributed by atoms with Crippen LogP contribution in [0, 0.1) is 0 Å². The van der Waals surface area contributed by atoms with Crippen LogP contribution in [-0.4, -0.2) is 123 Å². The quantitative estimate of drug-likeness (QED) is 0.0984. The highest BCUT2D eigenvalue weighted by atomic mass is 17.2. The lowest BCUT2D eigenvalue weighted by Crippen LogP contribution is -2.39. The number of carbonyl (C=O) groups is 6. The molecule has 0 saturated carbocycles. The van der Waals surface area contributed by atoms with Crippen LogP contribution < -0.4 is 0 Å². The average molecular weight is 615 g/mol. The van der Waals surface area contributed by atoms with Crippen molar-refractivity contribution >= 4 is 36.2 Å². The zero-order valence-corrected chi connectivity index (χ0v) is 24.6. The van der Waals surface area contributed by atoms with E-state index in [0.29, 0.717) is 0 Å². The van der Waals surface area contributed by atoms with Crippen LogP contribution in [0.15, 0.2) is 0 Å². The summed E-state index contributed by atoms with van der Waals surface area (Å²) in [5.41, 5.74) is -2.38. The van der Waals surface area contributed by atoms with Crippen molar-refractivity contribution < 1.29 is 86.7 Å². The molecule has 0 aromatic carbocycles. The summed E-state index contributed by atoms with van der Waals surface area (Å²) >= 11 is 0. The molecule has 2 N–H and O–H groups in total. The summed E-state index contributed by atoms with van der Waals surface area (Å²) in [6.07, 6.45) is -8.90. The normalized spacial score (nSPS) is 16.5. The van der Waals surface area contributed by atoms with Crippen molar-refractivity contribution in [2.45, 2.75) is 77.2 Å². The van der Waals surface area contributed by atoms with Gasteiger partial charge in [-0.05, 0) is 41.5 Å². The van der Waals surface area contributed by atoms with Gasteiger partial charge in [-0.3, -0.25) is 0 Å². The highest BCUT2D eigenvalue weighted by Gasteiger charge is 2.32. The van der Waals surface area contributed by atoms with E-state index in [2.05, 4.69) is 9.78 Å². The van der Waals surface area contributed by atoms with E-state index < -0.39 is 85.0 Å². The SMILES string of the molecule is COC(C)(CO)COC(=O)O[C@@H](C)C(=O)O[C@@H](C)C(=O)OOC(=O)[C@@H](C)OC(=O)[C@@H](C)OC(=O)OCC(C)(CO)OC. The number of methoxy groups -OCH3 is 2. The Balaban J connectivity index is 4.58. The first kappa shape index (κ1) is 38.3. The molecule has 0 aliphatic heterocycles. The topological polar surface area (TPSA) is 235 Å². The second-order valence-electron chi connectivity index (χ2n) is 9.18. The molecule has 0 rings (SSSR count). The van der Waals surface area contributed by atoms with Gasteiger partial charge in [0.1, 0.15) is 24.4 Å². The van der Waals surface area contributed by atoms with Crippen LogP contribution in [0.2, 0.25) is 0 Å². The van der Waals surface area contributed by atoms with Crippen LogP contribution in [-0.2, 0) is 66.8 Å². The number of hydrogen-bond acceptors (Lipinski definition) is 18. The summed E-state index contributed by atoms with van der Waals surface area (Å²) in [6, 6.07) is 0. The van der Waals surface area contributed by atoms with Crippen LogP contribution in [0.3, 0.4) is 0 Å². The van der Waals surface area contributed by atoms with Gasteiger partial charge in [0.25, 0.3) is 0 Å². The number of carbonyl (C=O) groups excluding carboxylic acids is 6. The van der Waals surface area contributed by atoms with Gasteiger partial charge < -0.3 is 48.1 Å². The third kappa shape index (κ3) is 13.7. The fraction of sp³-hybridized carbons (Fsp3) is 0.750. The summed E-state index contributed by atoms with van der Waals surface area (Å²) in [7, 11) is 2.57. The predicted molar refractivity (Wildman–Crippen MR) is 132 cm³/mol. The van der Waals surface area contributed by atoms with Crippen molar-refractivity contribution in [2.24, 2.45) is 0 Å². The van der Waals surface area contributed by atoms with Crippen LogP contribution in [0.5, 0.6) is 0 Å².